The molecule has 14 heavy (non-hydrogen) atoms. The van der Waals surface area contributed by atoms with E-state index in [4.69, 9.17) is 5.73 Å². The summed E-state index contributed by atoms with van der Waals surface area (Å²) < 4.78 is 1.92. The molecule has 0 bridgehead atoms. The zero-order valence-electron chi connectivity index (χ0n) is 9.46. The average Bonchev–Trinajstić information content (AvgIpc) is 2.38. The predicted molar refractivity (Wildman–Crippen MR) is 58.2 cm³/mol. The fraction of sp³-hybridized carbons (Fsp3) is 0.700. The van der Waals surface area contributed by atoms with Crippen molar-refractivity contribution in [2.24, 2.45) is 12.8 Å². The van der Waals surface area contributed by atoms with E-state index in [0.717, 1.165) is 12.2 Å². The molecule has 3 N–H and O–H groups in total. The average molecular weight is 196 g/mol. The summed E-state index contributed by atoms with van der Waals surface area (Å²) in [6.45, 7) is 7.79. The molecule has 0 saturated carbocycles. The topological polar surface area (TPSA) is 55.9 Å². The molecule has 80 valence electrons. The first kappa shape index (κ1) is 11.2. The zero-order chi connectivity index (χ0) is 10.7. The highest BCUT2D eigenvalue weighted by Gasteiger charge is 2.14. The summed E-state index contributed by atoms with van der Waals surface area (Å²) in [4.78, 5) is 0. The van der Waals surface area contributed by atoms with E-state index >= 15 is 0 Å². The first-order valence-corrected chi connectivity index (χ1v) is 5.01. The van der Waals surface area contributed by atoms with Crippen LogP contribution in [0.4, 0.5) is 0 Å². The first-order chi connectivity index (χ1) is 6.57. The smallest absolute Gasteiger partial charge is 0.0644 e. The summed E-state index contributed by atoms with van der Waals surface area (Å²) in [5.41, 5.74) is 9.07. The van der Waals surface area contributed by atoms with E-state index in [0.29, 0.717) is 12.6 Å². The second kappa shape index (κ2) is 4.57. The van der Waals surface area contributed by atoms with Gasteiger partial charge in [-0.2, -0.15) is 5.10 Å². The number of aryl methyl sites for hydroxylation is 2. The fourth-order valence-electron chi connectivity index (χ4n) is 1.82. The largest absolute Gasteiger partial charge is 0.329 e. The van der Waals surface area contributed by atoms with Crippen molar-refractivity contribution in [2.75, 3.05) is 13.1 Å². The van der Waals surface area contributed by atoms with E-state index in [9.17, 15) is 0 Å². The molecule has 0 saturated heterocycles. The molecule has 1 rings (SSSR count). The van der Waals surface area contributed by atoms with E-state index < -0.39 is 0 Å². The van der Waals surface area contributed by atoms with Crippen molar-refractivity contribution in [3.05, 3.63) is 17.0 Å². The highest BCUT2D eigenvalue weighted by atomic mass is 15.3. The van der Waals surface area contributed by atoms with Gasteiger partial charge in [0, 0.05) is 37.4 Å². The quantitative estimate of drug-likeness (QED) is 0.743. The van der Waals surface area contributed by atoms with Gasteiger partial charge in [-0.05, 0) is 20.8 Å². The maximum Gasteiger partial charge on any atom is 0.0644 e. The Hall–Kier alpha value is -0.870. The van der Waals surface area contributed by atoms with E-state index in [1.807, 2.05) is 18.7 Å². The maximum atomic E-state index is 5.45. The number of nitrogens with zero attached hydrogens (tertiary/aromatic N) is 2. The molecule has 1 heterocycles. The van der Waals surface area contributed by atoms with Crippen LogP contribution in [0.15, 0.2) is 0 Å². The minimum absolute atomic E-state index is 0.326. The van der Waals surface area contributed by atoms with Crippen LogP contribution in [0.1, 0.15) is 29.9 Å². The molecule has 0 aromatic carbocycles. The monoisotopic (exact) mass is 196 g/mol. The Morgan fingerprint density at radius 2 is 2.14 bits per heavy atom. The third-order valence-corrected chi connectivity index (χ3v) is 2.59. The van der Waals surface area contributed by atoms with Crippen LogP contribution in [-0.2, 0) is 7.05 Å². The van der Waals surface area contributed by atoms with Crippen LogP contribution in [0.5, 0.6) is 0 Å². The second-order valence-electron chi connectivity index (χ2n) is 3.67. The van der Waals surface area contributed by atoms with Crippen LogP contribution in [0.2, 0.25) is 0 Å². The molecule has 0 spiro atoms. The minimum atomic E-state index is 0.326. The molecular weight excluding hydrogens is 176 g/mol. The van der Waals surface area contributed by atoms with E-state index in [-0.39, 0.29) is 0 Å². The number of hydrogen-bond acceptors (Lipinski definition) is 3. The Kier molecular flexibility index (Phi) is 3.66. The third kappa shape index (κ3) is 2.13. The van der Waals surface area contributed by atoms with Gasteiger partial charge in [0.05, 0.1) is 5.69 Å². The van der Waals surface area contributed by atoms with Crippen LogP contribution in [0.25, 0.3) is 0 Å². The molecule has 1 atom stereocenters. The Morgan fingerprint density at radius 3 is 2.57 bits per heavy atom. The molecule has 0 aliphatic rings. The Morgan fingerprint density at radius 1 is 1.50 bits per heavy atom. The summed E-state index contributed by atoms with van der Waals surface area (Å²) in [6.07, 6.45) is 0. The van der Waals surface area contributed by atoms with Crippen LogP contribution in [0, 0.1) is 13.8 Å². The van der Waals surface area contributed by atoms with Crippen molar-refractivity contribution in [1.29, 1.82) is 0 Å². The van der Waals surface area contributed by atoms with E-state index in [1.54, 1.807) is 0 Å². The molecule has 0 aliphatic heterocycles. The van der Waals surface area contributed by atoms with Crippen LogP contribution in [-0.4, -0.2) is 22.9 Å². The Balaban J connectivity index is 2.83. The summed E-state index contributed by atoms with van der Waals surface area (Å²) in [5, 5.41) is 7.75. The number of aromatic nitrogens is 2. The van der Waals surface area contributed by atoms with Crippen molar-refractivity contribution in [3.63, 3.8) is 0 Å². The predicted octanol–water partition coefficient (Wildman–Crippen LogP) is 0.646. The molecule has 0 amide bonds. The number of hydrogen-bond donors (Lipinski definition) is 2. The van der Waals surface area contributed by atoms with Gasteiger partial charge in [0.1, 0.15) is 0 Å². The summed E-state index contributed by atoms with van der Waals surface area (Å²) in [7, 11) is 1.97. The molecule has 1 aromatic rings. The van der Waals surface area contributed by atoms with Crippen molar-refractivity contribution in [1.82, 2.24) is 15.1 Å². The molecule has 0 aliphatic carbocycles. The third-order valence-electron chi connectivity index (χ3n) is 2.59. The molecule has 1 aromatic heterocycles. The van der Waals surface area contributed by atoms with E-state index in [2.05, 4.69) is 24.3 Å². The van der Waals surface area contributed by atoms with Crippen LogP contribution < -0.4 is 11.1 Å². The van der Waals surface area contributed by atoms with Gasteiger partial charge in [0.2, 0.25) is 0 Å². The van der Waals surface area contributed by atoms with Gasteiger partial charge >= 0.3 is 0 Å². The minimum Gasteiger partial charge on any atom is -0.329 e. The SMILES string of the molecule is Cc1nn(C)c(C)c1C(C)NCCN. The van der Waals surface area contributed by atoms with Gasteiger partial charge < -0.3 is 11.1 Å². The Bertz CT molecular complexity index is 303. The number of rotatable bonds is 4. The van der Waals surface area contributed by atoms with Crippen molar-refractivity contribution >= 4 is 0 Å². The standard InChI is InChI=1S/C10H20N4/c1-7(12-6-5-11)10-8(2)13-14(4)9(10)3/h7,12H,5-6,11H2,1-4H3. The highest BCUT2D eigenvalue weighted by molar-refractivity contribution is 5.27. The number of nitrogens with two attached hydrogens (primary N) is 1. The van der Waals surface area contributed by atoms with Gasteiger partial charge in [0.25, 0.3) is 0 Å². The van der Waals surface area contributed by atoms with Gasteiger partial charge in [0.15, 0.2) is 0 Å². The zero-order valence-corrected chi connectivity index (χ0v) is 9.46. The lowest BCUT2D eigenvalue weighted by atomic mass is 10.1. The molecule has 0 fully saturated rings. The lowest BCUT2D eigenvalue weighted by Gasteiger charge is -2.13. The first-order valence-electron chi connectivity index (χ1n) is 5.01. The van der Waals surface area contributed by atoms with Gasteiger partial charge in [-0.3, -0.25) is 4.68 Å². The lowest BCUT2D eigenvalue weighted by Crippen LogP contribution is -2.26. The Labute approximate surface area is 85.5 Å². The van der Waals surface area contributed by atoms with Gasteiger partial charge in [-0.25, -0.2) is 0 Å². The van der Waals surface area contributed by atoms with Crippen molar-refractivity contribution < 1.29 is 0 Å². The molecule has 4 heteroatoms. The molecular formula is C10H20N4. The van der Waals surface area contributed by atoms with Gasteiger partial charge in [-0.15, -0.1) is 0 Å². The van der Waals surface area contributed by atoms with Crippen molar-refractivity contribution in [3.8, 4) is 0 Å². The van der Waals surface area contributed by atoms with Crippen LogP contribution in [0.3, 0.4) is 0 Å². The maximum absolute atomic E-state index is 5.45. The lowest BCUT2D eigenvalue weighted by molar-refractivity contribution is 0.576. The summed E-state index contributed by atoms with van der Waals surface area (Å²) in [6, 6.07) is 0.326. The second-order valence-corrected chi connectivity index (χ2v) is 3.67. The fourth-order valence-corrected chi connectivity index (χ4v) is 1.82. The highest BCUT2D eigenvalue weighted by Crippen LogP contribution is 2.19. The van der Waals surface area contributed by atoms with E-state index in [1.165, 1.54) is 11.3 Å². The van der Waals surface area contributed by atoms with Crippen LogP contribution >= 0.6 is 0 Å². The molecule has 1 unspecified atom stereocenters. The van der Waals surface area contributed by atoms with Gasteiger partial charge in [-0.1, -0.05) is 0 Å². The number of nitrogens with one attached hydrogen (secondary N) is 1. The molecule has 0 radical (unpaired) electrons. The molecule has 4 nitrogen and oxygen atoms in total. The summed E-state index contributed by atoms with van der Waals surface area (Å²) in [5.74, 6) is 0. The summed E-state index contributed by atoms with van der Waals surface area (Å²) >= 11 is 0. The van der Waals surface area contributed by atoms with Crippen molar-refractivity contribution in [2.45, 2.75) is 26.8 Å². The normalized spacial score (nSPS) is 13.2.